The summed E-state index contributed by atoms with van der Waals surface area (Å²) in [6, 6.07) is 1.58. The van der Waals surface area contributed by atoms with Crippen molar-refractivity contribution in [3.63, 3.8) is 0 Å². The fraction of sp³-hybridized carbons (Fsp3) is 0.364. The molecule has 0 spiro atoms. The fourth-order valence-corrected chi connectivity index (χ4v) is 2.75. The number of nitrogens with zero attached hydrogens (tertiary/aromatic N) is 1. The van der Waals surface area contributed by atoms with E-state index in [-0.39, 0.29) is 24.4 Å². The van der Waals surface area contributed by atoms with E-state index in [0.29, 0.717) is 0 Å². The molecule has 1 aliphatic heterocycles. The highest BCUT2D eigenvalue weighted by Crippen LogP contribution is 2.34. The van der Waals surface area contributed by atoms with Gasteiger partial charge in [-0.25, -0.2) is 22.3 Å². The van der Waals surface area contributed by atoms with Gasteiger partial charge in [0.05, 0.1) is 12.8 Å². The van der Waals surface area contributed by atoms with Crippen molar-refractivity contribution >= 4 is 21.6 Å². The van der Waals surface area contributed by atoms with Crippen molar-refractivity contribution in [2.24, 2.45) is 5.14 Å². The lowest BCUT2D eigenvalue weighted by molar-refractivity contribution is -0.117. The highest BCUT2D eigenvalue weighted by Gasteiger charge is 2.38. The molecule has 1 atom stereocenters. The van der Waals surface area contributed by atoms with Gasteiger partial charge in [-0.15, -0.1) is 0 Å². The van der Waals surface area contributed by atoms with E-state index in [1.807, 2.05) is 0 Å². The summed E-state index contributed by atoms with van der Waals surface area (Å²) >= 11 is 0. The second-order valence-corrected chi connectivity index (χ2v) is 6.20. The molecule has 1 aromatic rings. The molecule has 1 aromatic carbocycles. The number of amides is 1. The summed E-state index contributed by atoms with van der Waals surface area (Å²) in [4.78, 5) is 12.9. The zero-order valence-corrected chi connectivity index (χ0v) is 11.3. The average molecular weight is 306 g/mol. The summed E-state index contributed by atoms with van der Waals surface area (Å²) in [6.45, 7) is -0.223. The number of hydrogen-bond donors (Lipinski definition) is 1. The van der Waals surface area contributed by atoms with Crippen LogP contribution in [0.1, 0.15) is 6.42 Å². The molecular weight excluding hydrogens is 294 g/mol. The minimum Gasteiger partial charge on any atom is -0.494 e. The maximum atomic E-state index is 13.3. The first-order valence-corrected chi connectivity index (χ1v) is 7.20. The molecule has 1 aliphatic rings. The summed E-state index contributed by atoms with van der Waals surface area (Å²) in [5.41, 5.74) is -0.0254. The number of primary sulfonamides is 1. The van der Waals surface area contributed by atoms with Gasteiger partial charge in [0.25, 0.3) is 0 Å². The molecule has 6 nitrogen and oxygen atoms in total. The number of anilines is 1. The summed E-state index contributed by atoms with van der Waals surface area (Å²) in [7, 11) is -2.66. The Morgan fingerprint density at radius 3 is 2.45 bits per heavy atom. The Balaban J connectivity index is 2.42. The maximum absolute atomic E-state index is 13.3. The van der Waals surface area contributed by atoms with Crippen LogP contribution in [0.4, 0.5) is 14.5 Å². The van der Waals surface area contributed by atoms with Gasteiger partial charge in [-0.3, -0.25) is 4.79 Å². The van der Waals surface area contributed by atoms with E-state index >= 15 is 0 Å². The maximum Gasteiger partial charge on any atom is 0.228 e. The van der Waals surface area contributed by atoms with E-state index in [0.717, 1.165) is 17.0 Å². The quantitative estimate of drug-likeness (QED) is 0.873. The van der Waals surface area contributed by atoms with E-state index in [4.69, 9.17) is 9.88 Å². The van der Waals surface area contributed by atoms with Crippen LogP contribution in [-0.2, 0) is 14.8 Å². The first-order valence-electron chi connectivity index (χ1n) is 5.59. The minimum atomic E-state index is -3.89. The van der Waals surface area contributed by atoms with Crippen LogP contribution in [0.25, 0.3) is 0 Å². The van der Waals surface area contributed by atoms with Crippen LogP contribution in [0.2, 0.25) is 0 Å². The van der Waals surface area contributed by atoms with Gasteiger partial charge in [0.15, 0.2) is 11.6 Å². The number of benzene rings is 1. The summed E-state index contributed by atoms with van der Waals surface area (Å²) in [5, 5.41) is 3.92. The van der Waals surface area contributed by atoms with Gasteiger partial charge in [0, 0.05) is 25.1 Å². The Morgan fingerprint density at radius 2 is 1.95 bits per heavy atom. The molecule has 1 fully saturated rings. The van der Waals surface area contributed by atoms with Crippen molar-refractivity contribution in [1.82, 2.24) is 0 Å². The van der Waals surface area contributed by atoms with Crippen LogP contribution in [0.5, 0.6) is 5.75 Å². The second-order valence-electron chi connectivity index (χ2n) is 4.36. The number of ether oxygens (including phenoxy) is 1. The van der Waals surface area contributed by atoms with Crippen molar-refractivity contribution in [3.8, 4) is 5.75 Å². The van der Waals surface area contributed by atoms with Crippen molar-refractivity contribution in [2.45, 2.75) is 11.7 Å². The summed E-state index contributed by atoms with van der Waals surface area (Å²) < 4.78 is 53.8. The first kappa shape index (κ1) is 14.7. The lowest BCUT2D eigenvalue weighted by Gasteiger charge is -2.19. The second kappa shape index (κ2) is 4.98. The van der Waals surface area contributed by atoms with Crippen LogP contribution >= 0.6 is 0 Å². The Bertz CT molecular complexity index is 663. The van der Waals surface area contributed by atoms with Gasteiger partial charge in [0.2, 0.25) is 15.9 Å². The zero-order valence-electron chi connectivity index (χ0n) is 10.5. The van der Waals surface area contributed by atoms with Gasteiger partial charge in [-0.1, -0.05) is 0 Å². The van der Waals surface area contributed by atoms with Gasteiger partial charge < -0.3 is 9.64 Å². The van der Waals surface area contributed by atoms with Crippen LogP contribution in [0.3, 0.4) is 0 Å². The summed E-state index contributed by atoms with van der Waals surface area (Å²) in [5.74, 6) is -2.89. The molecule has 0 aliphatic carbocycles. The smallest absolute Gasteiger partial charge is 0.228 e. The molecule has 2 rings (SSSR count). The molecule has 0 bridgehead atoms. The van der Waals surface area contributed by atoms with E-state index in [9.17, 15) is 22.0 Å². The molecule has 0 radical (unpaired) electrons. The number of carbonyl (C=O) groups is 1. The molecule has 0 aromatic heterocycles. The SMILES string of the molecule is COc1cc(F)c(F)cc1N1CC(S(N)(=O)=O)CC1=O. The number of rotatable bonds is 3. The van der Waals surface area contributed by atoms with E-state index in [1.165, 1.54) is 7.11 Å². The standard InChI is InChI=1S/C11H12F2N2O4S/c1-19-10-4-8(13)7(12)3-9(10)15-5-6(2-11(15)16)20(14,17)18/h3-4,6H,2,5H2,1H3,(H2,14,17,18). The van der Waals surface area contributed by atoms with Crippen LogP contribution in [-0.4, -0.2) is 33.2 Å². The zero-order chi connectivity index (χ0) is 15.1. The molecule has 1 saturated heterocycles. The molecule has 1 unspecified atom stereocenters. The monoisotopic (exact) mass is 306 g/mol. The number of carbonyl (C=O) groups excluding carboxylic acids is 1. The Labute approximate surface area is 114 Å². The van der Waals surface area contributed by atoms with Crippen molar-refractivity contribution in [1.29, 1.82) is 0 Å². The van der Waals surface area contributed by atoms with Crippen LogP contribution < -0.4 is 14.8 Å². The highest BCUT2D eigenvalue weighted by atomic mass is 32.2. The third kappa shape index (κ3) is 2.59. The number of methoxy groups -OCH3 is 1. The topological polar surface area (TPSA) is 89.7 Å². The van der Waals surface area contributed by atoms with Gasteiger partial charge >= 0.3 is 0 Å². The first-order chi connectivity index (χ1) is 9.24. The number of hydrogen-bond acceptors (Lipinski definition) is 4. The van der Waals surface area contributed by atoms with E-state index < -0.39 is 32.8 Å². The Morgan fingerprint density at radius 1 is 1.35 bits per heavy atom. The lowest BCUT2D eigenvalue weighted by Crippen LogP contribution is -2.32. The van der Waals surface area contributed by atoms with Gasteiger partial charge in [0.1, 0.15) is 11.0 Å². The molecule has 1 heterocycles. The van der Waals surface area contributed by atoms with Crippen LogP contribution in [0.15, 0.2) is 12.1 Å². The van der Waals surface area contributed by atoms with Gasteiger partial charge in [-0.2, -0.15) is 0 Å². The molecule has 9 heteroatoms. The molecule has 0 saturated carbocycles. The third-order valence-electron chi connectivity index (χ3n) is 3.07. The lowest BCUT2D eigenvalue weighted by atomic mass is 10.2. The third-order valence-corrected chi connectivity index (χ3v) is 4.31. The largest absolute Gasteiger partial charge is 0.494 e. The Hall–Kier alpha value is -1.74. The van der Waals surface area contributed by atoms with Crippen LogP contribution in [0, 0.1) is 11.6 Å². The predicted octanol–water partition coefficient (Wildman–Crippen LogP) is 0.367. The van der Waals surface area contributed by atoms with Gasteiger partial charge in [-0.05, 0) is 0 Å². The van der Waals surface area contributed by atoms with Crippen molar-refractivity contribution in [3.05, 3.63) is 23.8 Å². The molecule has 20 heavy (non-hydrogen) atoms. The van der Waals surface area contributed by atoms with Crippen molar-refractivity contribution in [2.75, 3.05) is 18.6 Å². The molecule has 110 valence electrons. The minimum absolute atomic E-state index is 0.0254. The van der Waals surface area contributed by atoms with E-state index in [2.05, 4.69) is 0 Å². The fourth-order valence-electron chi connectivity index (χ4n) is 2.02. The average Bonchev–Trinajstić information content (AvgIpc) is 2.74. The number of sulfonamides is 1. The number of halogens is 2. The molecule has 1 amide bonds. The predicted molar refractivity (Wildman–Crippen MR) is 66.8 cm³/mol. The normalized spacial score (nSPS) is 19.5. The number of nitrogens with two attached hydrogens (primary N) is 1. The highest BCUT2D eigenvalue weighted by molar-refractivity contribution is 7.89. The van der Waals surface area contributed by atoms with Crippen molar-refractivity contribution < 1.29 is 26.7 Å². The molecule has 2 N–H and O–H groups in total. The summed E-state index contributed by atoms with van der Waals surface area (Å²) in [6.07, 6.45) is -0.305. The molecular formula is C11H12F2N2O4S. The Kier molecular flexibility index (Phi) is 3.65. The van der Waals surface area contributed by atoms with E-state index in [1.54, 1.807) is 0 Å².